The Labute approximate surface area is 151 Å². The van der Waals surface area contributed by atoms with Crippen molar-refractivity contribution in [2.45, 2.75) is 25.8 Å². The summed E-state index contributed by atoms with van der Waals surface area (Å²) in [6.07, 6.45) is 5.18. The predicted molar refractivity (Wildman–Crippen MR) is 99.9 cm³/mol. The number of fused-ring (bicyclic) bond motifs is 2. The van der Waals surface area contributed by atoms with Crippen LogP contribution in [0.25, 0.3) is 11.0 Å². The van der Waals surface area contributed by atoms with Gasteiger partial charge in [-0.15, -0.1) is 11.6 Å². The molecule has 1 aliphatic rings. The largest absolute Gasteiger partial charge is 0.291 e. The number of pyridine rings is 2. The van der Waals surface area contributed by atoms with Gasteiger partial charge in [0, 0.05) is 11.6 Å². The van der Waals surface area contributed by atoms with Gasteiger partial charge in [0.1, 0.15) is 11.7 Å². The van der Waals surface area contributed by atoms with E-state index in [1.165, 1.54) is 17.5 Å². The Morgan fingerprint density at radius 1 is 1.12 bits per heavy atom. The molecule has 0 aliphatic heterocycles. The van der Waals surface area contributed by atoms with E-state index >= 15 is 0 Å². The van der Waals surface area contributed by atoms with Gasteiger partial charge in [-0.05, 0) is 60.2 Å². The third kappa shape index (κ3) is 3.22. The van der Waals surface area contributed by atoms with Gasteiger partial charge in [-0.3, -0.25) is 9.69 Å². The maximum atomic E-state index is 12.4. The van der Waals surface area contributed by atoms with Gasteiger partial charge >= 0.3 is 0 Å². The van der Waals surface area contributed by atoms with E-state index in [0.29, 0.717) is 18.0 Å². The van der Waals surface area contributed by atoms with Gasteiger partial charge in [-0.25, -0.2) is 9.97 Å². The molecular formula is C20H18ClN3O. The Morgan fingerprint density at radius 2 is 2.00 bits per heavy atom. The summed E-state index contributed by atoms with van der Waals surface area (Å²) in [5.74, 6) is 0.342. The lowest BCUT2D eigenvalue weighted by atomic mass is 10.1. The molecule has 0 saturated heterocycles. The summed E-state index contributed by atoms with van der Waals surface area (Å²) in [5.41, 5.74) is 4.54. The minimum absolute atomic E-state index is 0.0765. The number of aryl methyl sites for hydroxylation is 2. The highest BCUT2D eigenvalue weighted by Gasteiger charge is 2.19. The van der Waals surface area contributed by atoms with Crippen molar-refractivity contribution in [3.8, 4) is 0 Å². The lowest BCUT2D eigenvalue weighted by Crippen LogP contribution is -2.32. The maximum absolute atomic E-state index is 12.4. The second-order valence-corrected chi connectivity index (χ2v) is 6.56. The monoisotopic (exact) mass is 351 g/mol. The molecule has 1 amide bonds. The fraction of sp³-hybridized carbons (Fsp3) is 0.250. The normalized spacial score (nSPS) is 13.0. The Kier molecular flexibility index (Phi) is 4.36. The van der Waals surface area contributed by atoms with Crippen LogP contribution in [0.4, 0.5) is 5.82 Å². The fourth-order valence-corrected chi connectivity index (χ4v) is 3.51. The number of nitrogens with zero attached hydrogens (tertiary/aromatic N) is 3. The first-order chi connectivity index (χ1) is 12.2. The summed E-state index contributed by atoms with van der Waals surface area (Å²) in [6.45, 7) is 0.462. The number of rotatable bonds is 4. The fourth-order valence-electron chi connectivity index (χ4n) is 3.37. The van der Waals surface area contributed by atoms with E-state index in [4.69, 9.17) is 11.6 Å². The molecule has 2 aromatic heterocycles. The topological polar surface area (TPSA) is 46.1 Å². The molecule has 5 heteroatoms. The van der Waals surface area contributed by atoms with Gasteiger partial charge in [-0.1, -0.05) is 18.2 Å². The highest BCUT2D eigenvalue weighted by atomic mass is 35.5. The van der Waals surface area contributed by atoms with Crippen molar-refractivity contribution < 1.29 is 4.79 Å². The highest BCUT2D eigenvalue weighted by Crippen LogP contribution is 2.25. The van der Waals surface area contributed by atoms with E-state index in [0.717, 1.165) is 23.8 Å². The second-order valence-electron chi connectivity index (χ2n) is 6.29. The van der Waals surface area contributed by atoms with Crippen LogP contribution < -0.4 is 4.90 Å². The molecule has 1 aliphatic carbocycles. The molecule has 0 spiro atoms. The van der Waals surface area contributed by atoms with Crippen molar-refractivity contribution in [3.05, 3.63) is 65.4 Å². The van der Waals surface area contributed by atoms with Crippen molar-refractivity contribution in [3.63, 3.8) is 0 Å². The van der Waals surface area contributed by atoms with Crippen LogP contribution in [-0.4, -0.2) is 21.8 Å². The number of hydrogen-bond acceptors (Lipinski definition) is 3. The van der Waals surface area contributed by atoms with Crippen LogP contribution in [0.2, 0.25) is 0 Å². The average molecular weight is 352 g/mol. The summed E-state index contributed by atoms with van der Waals surface area (Å²) in [5, 5.41) is 0.946. The van der Waals surface area contributed by atoms with Crippen molar-refractivity contribution in [1.29, 1.82) is 0 Å². The van der Waals surface area contributed by atoms with E-state index in [9.17, 15) is 4.79 Å². The third-order valence-electron chi connectivity index (χ3n) is 4.64. The number of anilines is 1. The van der Waals surface area contributed by atoms with Crippen LogP contribution >= 0.6 is 11.6 Å². The number of hydrogen-bond donors (Lipinski definition) is 0. The number of benzene rings is 1. The number of aromatic nitrogens is 2. The van der Waals surface area contributed by atoms with Crippen LogP contribution in [0.15, 0.2) is 48.7 Å². The molecule has 126 valence electrons. The van der Waals surface area contributed by atoms with Gasteiger partial charge < -0.3 is 0 Å². The molecule has 0 N–H and O–H groups in total. The molecular weight excluding hydrogens is 334 g/mol. The molecule has 0 unspecified atom stereocenters. The Bertz CT molecular complexity index is 941. The number of halogens is 1. The minimum Gasteiger partial charge on any atom is -0.291 e. The van der Waals surface area contributed by atoms with Crippen molar-refractivity contribution in [2.75, 3.05) is 10.8 Å². The summed E-state index contributed by atoms with van der Waals surface area (Å²) in [7, 11) is 0. The molecule has 3 aromatic rings. The molecule has 0 radical (unpaired) electrons. The number of carbonyl (C=O) groups is 1. The lowest BCUT2D eigenvalue weighted by molar-refractivity contribution is -0.116. The quantitative estimate of drug-likeness (QED) is 0.670. The Hall–Kier alpha value is -2.46. The van der Waals surface area contributed by atoms with Gasteiger partial charge in [0.25, 0.3) is 0 Å². The van der Waals surface area contributed by atoms with Crippen LogP contribution in [0, 0.1) is 0 Å². The SMILES string of the molecule is O=C(CCl)N(Cc1ccc2c(c1)CCC2)c1ccc2cccnc2n1. The van der Waals surface area contributed by atoms with Gasteiger partial charge in [0.05, 0.1) is 6.54 Å². The number of carbonyl (C=O) groups excluding carboxylic acids is 1. The third-order valence-corrected chi connectivity index (χ3v) is 4.87. The molecule has 1 aromatic carbocycles. The summed E-state index contributed by atoms with van der Waals surface area (Å²) in [4.78, 5) is 22.9. The van der Waals surface area contributed by atoms with Crippen molar-refractivity contribution in [1.82, 2.24) is 9.97 Å². The first kappa shape index (κ1) is 16.0. The van der Waals surface area contributed by atoms with E-state index in [1.54, 1.807) is 11.1 Å². The van der Waals surface area contributed by atoms with Crippen LogP contribution in [-0.2, 0) is 24.2 Å². The average Bonchev–Trinajstić information content (AvgIpc) is 3.13. The molecule has 0 fully saturated rings. The summed E-state index contributed by atoms with van der Waals surface area (Å²) in [6, 6.07) is 14.1. The summed E-state index contributed by atoms with van der Waals surface area (Å²) < 4.78 is 0. The minimum atomic E-state index is -0.162. The molecule has 0 bridgehead atoms. The lowest BCUT2D eigenvalue weighted by Gasteiger charge is -2.21. The standard InChI is InChI=1S/C20H18ClN3O/c21-12-19(25)24(13-14-6-7-15-3-1-4-17(15)11-14)18-9-8-16-5-2-10-22-20(16)23-18/h2,5-11H,1,3-4,12-13H2. The molecule has 25 heavy (non-hydrogen) atoms. The van der Waals surface area contributed by atoms with Crippen LogP contribution in [0.5, 0.6) is 0 Å². The first-order valence-corrected chi connectivity index (χ1v) is 8.97. The molecule has 0 atom stereocenters. The smallest absolute Gasteiger partial charge is 0.243 e. The molecule has 2 heterocycles. The zero-order valence-corrected chi connectivity index (χ0v) is 14.5. The van der Waals surface area contributed by atoms with Gasteiger partial charge in [0.2, 0.25) is 5.91 Å². The van der Waals surface area contributed by atoms with E-state index < -0.39 is 0 Å². The second kappa shape index (κ2) is 6.81. The number of alkyl halides is 1. The van der Waals surface area contributed by atoms with Gasteiger partial charge in [-0.2, -0.15) is 0 Å². The van der Waals surface area contributed by atoms with Gasteiger partial charge in [0.15, 0.2) is 5.65 Å². The molecule has 4 nitrogen and oxygen atoms in total. The molecule has 0 saturated carbocycles. The molecule has 4 rings (SSSR count). The van der Waals surface area contributed by atoms with Crippen molar-refractivity contribution >= 4 is 34.4 Å². The zero-order chi connectivity index (χ0) is 17.2. The zero-order valence-electron chi connectivity index (χ0n) is 13.8. The Morgan fingerprint density at radius 3 is 2.88 bits per heavy atom. The van der Waals surface area contributed by atoms with E-state index in [2.05, 4.69) is 28.2 Å². The predicted octanol–water partition coefficient (Wildman–Crippen LogP) is 3.89. The highest BCUT2D eigenvalue weighted by molar-refractivity contribution is 6.29. The Balaban J connectivity index is 1.68. The van der Waals surface area contributed by atoms with Crippen LogP contribution in [0.1, 0.15) is 23.1 Å². The van der Waals surface area contributed by atoms with E-state index in [-0.39, 0.29) is 11.8 Å². The first-order valence-electron chi connectivity index (χ1n) is 8.43. The van der Waals surface area contributed by atoms with Crippen molar-refractivity contribution in [2.24, 2.45) is 0 Å². The maximum Gasteiger partial charge on any atom is 0.243 e. The number of amides is 1. The van der Waals surface area contributed by atoms with E-state index in [1.807, 2.05) is 24.3 Å². The van der Waals surface area contributed by atoms with Crippen LogP contribution in [0.3, 0.4) is 0 Å². The summed E-state index contributed by atoms with van der Waals surface area (Å²) >= 11 is 5.84.